The Kier molecular flexibility index (Phi) is 6.42. The molecular formula is C19H24ClN3O3. The van der Waals surface area contributed by atoms with Crippen LogP contribution in [0.25, 0.3) is 11.3 Å². The standard InChI is InChI=1S/C19H24ClN3O3/c1-12(2)9-19(4,26-18(21)24)10-25-17-6-5-14(8-15(17)20)16-7-13(3)22-11-23-16/h5-8,11-12H,9-10H2,1-4H3,(H2,21,24). The average Bonchev–Trinajstić information content (AvgIpc) is 2.52. The molecule has 7 heteroatoms. The summed E-state index contributed by atoms with van der Waals surface area (Å²) in [5.74, 6) is 0.811. The van der Waals surface area contributed by atoms with E-state index in [1.807, 2.05) is 32.9 Å². The summed E-state index contributed by atoms with van der Waals surface area (Å²) < 4.78 is 11.1. The lowest BCUT2D eigenvalue weighted by Gasteiger charge is -2.30. The molecule has 0 aliphatic rings. The molecule has 140 valence electrons. The Labute approximate surface area is 158 Å². The summed E-state index contributed by atoms with van der Waals surface area (Å²) >= 11 is 6.36. The molecule has 0 aliphatic carbocycles. The van der Waals surface area contributed by atoms with Crippen LogP contribution in [0.1, 0.15) is 32.9 Å². The number of rotatable bonds is 7. The molecule has 26 heavy (non-hydrogen) atoms. The molecule has 1 unspecified atom stereocenters. The van der Waals surface area contributed by atoms with Crippen LogP contribution in [0.15, 0.2) is 30.6 Å². The van der Waals surface area contributed by atoms with E-state index < -0.39 is 11.7 Å². The second-order valence-corrected chi connectivity index (χ2v) is 7.35. The van der Waals surface area contributed by atoms with Gasteiger partial charge in [0.15, 0.2) is 0 Å². The number of aromatic nitrogens is 2. The first kappa shape index (κ1) is 20.0. The van der Waals surface area contributed by atoms with E-state index in [-0.39, 0.29) is 6.61 Å². The van der Waals surface area contributed by atoms with E-state index in [0.717, 1.165) is 17.0 Å². The molecule has 0 spiro atoms. The van der Waals surface area contributed by atoms with Gasteiger partial charge in [0.2, 0.25) is 0 Å². The highest BCUT2D eigenvalue weighted by Crippen LogP contribution is 2.31. The molecule has 0 saturated heterocycles. The van der Waals surface area contributed by atoms with Gasteiger partial charge in [-0.2, -0.15) is 0 Å². The van der Waals surface area contributed by atoms with Crippen LogP contribution >= 0.6 is 11.6 Å². The maximum Gasteiger partial charge on any atom is 0.405 e. The van der Waals surface area contributed by atoms with Crippen LogP contribution in [0.3, 0.4) is 0 Å². The average molecular weight is 378 g/mol. The van der Waals surface area contributed by atoms with Crippen molar-refractivity contribution >= 4 is 17.7 Å². The lowest BCUT2D eigenvalue weighted by atomic mass is 9.95. The lowest BCUT2D eigenvalue weighted by molar-refractivity contribution is -0.0185. The Morgan fingerprint density at radius 1 is 1.31 bits per heavy atom. The fourth-order valence-electron chi connectivity index (χ4n) is 2.86. The summed E-state index contributed by atoms with van der Waals surface area (Å²) in [4.78, 5) is 19.5. The van der Waals surface area contributed by atoms with Crippen molar-refractivity contribution in [3.8, 4) is 17.0 Å². The third kappa shape index (κ3) is 5.59. The first-order valence-electron chi connectivity index (χ1n) is 8.38. The maximum atomic E-state index is 11.2. The Bertz CT molecular complexity index is 782. The number of nitrogens with zero attached hydrogens (tertiary/aromatic N) is 2. The first-order chi connectivity index (χ1) is 12.2. The highest BCUT2D eigenvalue weighted by atomic mass is 35.5. The quantitative estimate of drug-likeness (QED) is 0.773. The van der Waals surface area contributed by atoms with Crippen LogP contribution in [0.4, 0.5) is 4.79 Å². The molecule has 1 atom stereocenters. The monoisotopic (exact) mass is 377 g/mol. The van der Waals surface area contributed by atoms with E-state index in [1.54, 1.807) is 19.1 Å². The lowest BCUT2D eigenvalue weighted by Crippen LogP contribution is -2.41. The normalized spacial score (nSPS) is 13.3. The highest BCUT2D eigenvalue weighted by molar-refractivity contribution is 6.32. The summed E-state index contributed by atoms with van der Waals surface area (Å²) in [6.45, 7) is 7.92. The topological polar surface area (TPSA) is 87.3 Å². The molecule has 1 aromatic carbocycles. The van der Waals surface area contributed by atoms with E-state index in [2.05, 4.69) is 9.97 Å². The van der Waals surface area contributed by atoms with E-state index in [0.29, 0.717) is 23.1 Å². The minimum absolute atomic E-state index is 0.153. The number of aryl methyl sites for hydroxylation is 1. The zero-order valence-electron chi connectivity index (χ0n) is 15.5. The van der Waals surface area contributed by atoms with Gasteiger partial charge in [0.25, 0.3) is 0 Å². The van der Waals surface area contributed by atoms with Gasteiger partial charge in [-0.25, -0.2) is 14.8 Å². The predicted molar refractivity (Wildman–Crippen MR) is 101 cm³/mol. The summed E-state index contributed by atoms with van der Waals surface area (Å²) in [6, 6.07) is 7.31. The predicted octanol–water partition coefficient (Wildman–Crippen LogP) is 4.38. The van der Waals surface area contributed by atoms with E-state index in [9.17, 15) is 4.79 Å². The van der Waals surface area contributed by atoms with Gasteiger partial charge in [0.1, 0.15) is 24.3 Å². The van der Waals surface area contributed by atoms with Crippen molar-refractivity contribution in [1.82, 2.24) is 9.97 Å². The molecule has 2 N–H and O–H groups in total. The smallest absolute Gasteiger partial charge is 0.405 e. The number of hydrogen-bond donors (Lipinski definition) is 1. The van der Waals surface area contributed by atoms with Gasteiger partial charge in [-0.1, -0.05) is 25.4 Å². The molecule has 2 rings (SSSR count). The van der Waals surface area contributed by atoms with Crippen molar-refractivity contribution in [2.24, 2.45) is 11.7 Å². The number of benzene rings is 1. The molecule has 0 radical (unpaired) electrons. The molecule has 6 nitrogen and oxygen atoms in total. The molecule has 1 amide bonds. The number of carbonyl (C=O) groups is 1. The zero-order valence-corrected chi connectivity index (χ0v) is 16.2. The molecule has 0 bridgehead atoms. The zero-order chi connectivity index (χ0) is 19.3. The number of amides is 1. The number of primary amides is 1. The second kappa shape index (κ2) is 8.36. The van der Waals surface area contributed by atoms with Crippen molar-refractivity contribution in [2.75, 3.05) is 6.61 Å². The van der Waals surface area contributed by atoms with Crippen LogP contribution in [-0.4, -0.2) is 28.3 Å². The number of nitrogens with two attached hydrogens (primary N) is 1. The number of halogens is 1. The second-order valence-electron chi connectivity index (χ2n) is 6.95. The summed E-state index contributed by atoms with van der Waals surface area (Å²) in [7, 11) is 0. The summed E-state index contributed by atoms with van der Waals surface area (Å²) in [6.07, 6.45) is 1.31. The van der Waals surface area contributed by atoms with Gasteiger partial charge >= 0.3 is 6.09 Å². The summed E-state index contributed by atoms with van der Waals surface area (Å²) in [5, 5.41) is 0.449. The van der Waals surface area contributed by atoms with Gasteiger partial charge in [0, 0.05) is 11.3 Å². The van der Waals surface area contributed by atoms with Crippen molar-refractivity contribution in [3.05, 3.63) is 41.3 Å². The number of carbonyl (C=O) groups excluding carboxylic acids is 1. The van der Waals surface area contributed by atoms with Crippen LogP contribution in [0, 0.1) is 12.8 Å². The third-order valence-electron chi connectivity index (χ3n) is 3.75. The van der Waals surface area contributed by atoms with E-state index >= 15 is 0 Å². The largest absolute Gasteiger partial charge is 0.488 e. The van der Waals surface area contributed by atoms with Crippen molar-refractivity contribution in [1.29, 1.82) is 0 Å². The van der Waals surface area contributed by atoms with Crippen LogP contribution in [0.2, 0.25) is 5.02 Å². The van der Waals surface area contributed by atoms with Gasteiger partial charge < -0.3 is 15.2 Å². The van der Waals surface area contributed by atoms with Crippen molar-refractivity contribution < 1.29 is 14.3 Å². The molecule has 1 aromatic heterocycles. The maximum absolute atomic E-state index is 11.2. The Morgan fingerprint density at radius 2 is 2.04 bits per heavy atom. The van der Waals surface area contributed by atoms with E-state index in [4.69, 9.17) is 26.8 Å². The molecular weight excluding hydrogens is 354 g/mol. The molecule has 0 aliphatic heterocycles. The van der Waals surface area contributed by atoms with Gasteiger partial charge in [-0.15, -0.1) is 0 Å². The van der Waals surface area contributed by atoms with Crippen LogP contribution in [-0.2, 0) is 4.74 Å². The summed E-state index contributed by atoms with van der Waals surface area (Å²) in [5.41, 5.74) is 6.89. The van der Waals surface area contributed by atoms with E-state index in [1.165, 1.54) is 6.33 Å². The fourth-order valence-corrected chi connectivity index (χ4v) is 3.09. The fraction of sp³-hybridized carbons (Fsp3) is 0.421. The van der Waals surface area contributed by atoms with Crippen molar-refractivity contribution in [3.63, 3.8) is 0 Å². The minimum atomic E-state index is -0.828. The van der Waals surface area contributed by atoms with Crippen molar-refractivity contribution in [2.45, 2.75) is 39.7 Å². The number of hydrogen-bond acceptors (Lipinski definition) is 5. The highest BCUT2D eigenvalue weighted by Gasteiger charge is 2.30. The molecule has 1 heterocycles. The minimum Gasteiger partial charge on any atom is -0.488 e. The van der Waals surface area contributed by atoms with Gasteiger partial charge in [0.05, 0.1) is 10.7 Å². The third-order valence-corrected chi connectivity index (χ3v) is 4.05. The molecule has 0 saturated carbocycles. The number of ether oxygens (including phenoxy) is 2. The Morgan fingerprint density at radius 3 is 2.62 bits per heavy atom. The molecule has 2 aromatic rings. The Hall–Kier alpha value is -2.34. The van der Waals surface area contributed by atoms with Crippen LogP contribution in [0.5, 0.6) is 5.75 Å². The Balaban J connectivity index is 2.15. The van der Waals surface area contributed by atoms with Crippen LogP contribution < -0.4 is 10.5 Å². The first-order valence-corrected chi connectivity index (χ1v) is 8.76. The molecule has 0 fully saturated rings. The van der Waals surface area contributed by atoms with Gasteiger partial charge in [-0.3, -0.25) is 0 Å². The van der Waals surface area contributed by atoms with Gasteiger partial charge in [-0.05, 0) is 50.5 Å². The SMILES string of the molecule is Cc1cc(-c2ccc(OCC(C)(CC(C)C)OC(N)=O)c(Cl)c2)ncn1.